The lowest BCUT2D eigenvalue weighted by atomic mass is 9.66. The van der Waals surface area contributed by atoms with E-state index in [1.807, 2.05) is 26.8 Å². The average molecular weight is 362 g/mol. The maximum Gasteiger partial charge on any atom is 0.318 e. The predicted octanol–water partition coefficient (Wildman–Crippen LogP) is 2.26. The number of allylic oxidation sites excluding steroid dienone is 1. The van der Waals surface area contributed by atoms with Crippen LogP contribution in [0.5, 0.6) is 0 Å². The fraction of sp³-hybridized carbons (Fsp3) is 0.700. The maximum absolute atomic E-state index is 12.9. The third kappa shape index (κ3) is 1.94. The number of carbonyl (C=O) groups is 2. The molecular weight excluding hydrogens is 336 g/mol. The molecule has 0 amide bonds. The van der Waals surface area contributed by atoms with Crippen LogP contribution in [0.2, 0.25) is 0 Å². The van der Waals surface area contributed by atoms with Crippen molar-refractivity contribution in [2.24, 2.45) is 17.3 Å². The van der Waals surface area contributed by atoms with E-state index in [1.165, 1.54) is 6.08 Å². The second-order valence-electron chi connectivity index (χ2n) is 8.52. The third-order valence-electron chi connectivity index (χ3n) is 6.96. The summed E-state index contributed by atoms with van der Waals surface area (Å²) in [5.41, 5.74) is -1.49. The Bertz CT molecular complexity index is 753. The summed E-state index contributed by atoms with van der Waals surface area (Å²) < 4.78 is 17.8. The minimum atomic E-state index is -1.64. The lowest BCUT2D eigenvalue weighted by Crippen LogP contribution is -2.53. The molecule has 4 rings (SSSR count). The minimum Gasteiger partial charge on any atom is -0.479 e. The van der Waals surface area contributed by atoms with Crippen LogP contribution in [0, 0.1) is 17.3 Å². The maximum atomic E-state index is 12.9. The molecule has 2 fully saturated rings. The van der Waals surface area contributed by atoms with Gasteiger partial charge in [-0.2, -0.15) is 0 Å². The zero-order valence-electron chi connectivity index (χ0n) is 15.9. The number of rotatable bonds is 2. The highest BCUT2D eigenvalue weighted by molar-refractivity contribution is 6.00. The first kappa shape index (κ1) is 17.7. The molecule has 0 unspecified atom stereocenters. The van der Waals surface area contributed by atoms with Gasteiger partial charge >= 0.3 is 5.97 Å². The number of hydrogen-bond acceptors (Lipinski definition) is 6. The summed E-state index contributed by atoms with van der Waals surface area (Å²) in [5.74, 6) is -2.33. The summed E-state index contributed by atoms with van der Waals surface area (Å²) in [4.78, 5) is 25.5. The fourth-order valence-corrected chi connectivity index (χ4v) is 5.03. The lowest BCUT2D eigenvalue weighted by molar-refractivity contribution is -0.267. The van der Waals surface area contributed by atoms with Crippen molar-refractivity contribution in [2.45, 2.75) is 71.1 Å². The van der Waals surface area contributed by atoms with Gasteiger partial charge in [0, 0.05) is 24.3 Å². The molecule has 6 nitrogen and oxygen atoms in total. The van der Waals surface area contributed by atoms with E-state index in [0.29, 0.717) is 12.2 Å². The van der Waals surface area contributed by atoms with Gasteiger partial charge in [0.15, 0.2) is 11.4 Å². The number of esters is 1. The Hall–Kier alpha value is -1.66. The number of aliphatic hydroxyl groups is 1. The molecule has 1 N–H and O–H groups in total. The van der Waals surface area contributed by atoms with Crippen molar-refractivity contribution in [2.75, 3.05) is 0 Å². The minimum absolute atomic E-state index is 0.117. The summed E-state index contributed by atoms with van der Waals surface area (Å²) in [7, 11) is 0. The van der Waals surface area contributed by atoms with Crippen LogP contribution in [0.15, 0.2) is 23.5 Å². The van der Waals surface area contributed by atoms with Crippen molar-refractivity contribution in [3.05, 3.63) is 23.5 Å². The highest BCUT2D eigenvalue weighted by Gasteiger charge is 2.75. The topological polar surface area (TPSA) is 82.1 Å². The highest BCUT2D eigenvalue weighted by Crippen LogP contribution is 2.61. The summed E-state index contributed by atoms with van der Waals surface area (Å²) in [5, 5.41) is 11.5. The lowest BCUT2D eigenvalue weighted by Gasteiger charge is -2.38. The molecule has 0 saturated carbocycles. The molecule has 2 bridgehead atoms. The Labute approximate surface area is 153 Å². The summed E-state index contributed by atoms with van der Waals surface area (Å²) in [6, 6.07) is 0. The number of fused-ring (bicyclic) bond motifs is 2. The van der Waals surface area contributed by atoms with Crippen LogP contribution in [0.4, 0.5) is 0 Å². The first-order valence-corrected chi connectivity index (χ1v) is 9.32. The molecular formula is C20H26O6. The van der Waals surface area contributed by atoms with Gasteiger partial charge in [-0.15, -0.1) is 0 Å². The number of ketones is 1. The molecule has 4 aliphatic heterocycles. The van der Waals surface area contributed by atoms with Crippen LogP contribution in [-0.2, 0) is 23.8 Å². The van der Waals surface area contributed by atoms with Gasteiger partial charge in [-0.3, -0.25) is 9.59 Å². The van der Waals surface area contributed by atoms with Crippen molar-refractivity contribution in [1.82, 2.24) is 0 Å². The van der Waals surface area contributed by atoms with Gasteiger partial charge in [0.25, 0.3) is 0 Å². The molecule has 6 heteroatoms. The molecule has 142 valence electrons. The number of ether oxygens (including phenoxy) is 3. The molecule has 0 aliphatic carbocycles. The van der Waals surface area contributed by atoms with E-state index < -0.39 is 35.0 Å². The molecule has 0 radical (unpaired) electrons. The van der Waals surface area contributed by atoms with Crippen molar-refractivity contribution < 1.29 is 28.9 Å². The van der Waals surface area contributed by atoms with Gasteiger partial charge in [0.1, 0.15) is 17.3 Å². The van der Waals surface area contributed by atoms with E-state index in [2.05, 4.69) is 0 Å². The van der Waals surface area contributed by atoms with Gasteiger partial charge in [0.05, 0.1) is 6.10 Å². The van der Waals surface area contributed by atoms with Crippen LogP contribution in [0.1, 0.15) is 47.5 Å². The van der Waals surface area contributed by atoms with E-state index in [9.17, 15) is 14.7 Å². The second-order valence-corrected chi connectivity index (χ2v) is 8.52. The SMILES string of the molecule is CC[C@@H](C)[C@@]1(O)O[C@H]2C[C@@]3(C)OC(=CC3=O)/C(C)=C/[C@@H]3OC(=O)[C@@]1(C)[C@@H]32. The van der Waals surface area contributed by atoms with E-state index >= 15 is 0 Å². The molecule has 2 saturated heterocycles. The Morgan fingerprint density at radius 3 is 2.69 bits per heavy atom. The van der Waals surface area contributed by atoms with Crippen molar-refractivity contribution >= 4 is 11.8 Å². The first-order chi connectivity index (χ1) is 12.1. The Morgan fingerprint density at radius 1 is 1.35 bits per heavy atom. The van der Waals surface area contributed by atoms with Gasteiger partial charge in [-0.1, -0.05) is 13.8 Å². The van der Waals surface area contributed by atoms with Crippen LogP contribution in [0.25, 0.3) is 0 Å². The molecule has 0 spiro atoms. The van der Waals surface area contributed by atoms with E-state index in [0.717, 1.165) is 5.57 Å². The highest BCUT2D eigenvalue weighted by atomic mass is 16.7. The number of hydrogen-bond donors (Lipinski definition) is 1. The fourth-order valence-electron chi connectivity index (χ4n) is 5.03. The van der Waals surface area contributed by atoms with E-state index in [4.69, 9.17) is 14.2 Å². The van der Waals surface area contributed by atoms with E-state index in [1.54, 1.807) is 13.8 Å². The zero-order valence-corrected chi connectivity index (χ0v) is 15.9. The summed E-state index contributed by atoms with van der Waals surface area (Å²) in [6.45, 7) is 9.13. The van der Waals surface area contributed by atoms with Crippen LogP contribution < -0.4 is 0 Å². The van der Waals surface area contributed by atoms with Gasteiger partial charge in [-0.25, -0.2) is 0 Å². The average Bonchev–Trinajstić information content (AvgIpc) is 3.09. The summed E-state index contributed by atoms with van der Waals surface area (Å²) in [6.07, 6.45) is 3.19. The molecule has 0 aromatic carbocycles. The van der Waals surface area contributed by atoms with Crippen molar-refractivity contribution in [3.8, 4) is 0 Å². The quantitative estimate of drug-likeness (QED) is 0.759. The molecule has 0 aromatic heterocycles. The van der Waals surface area contributed by atoms with Crippen molar-refractivity contribution in [1.29, 1.82) is 0 Å². The Balaban J connectivity index is 1.87. The smallest absolute Gasteiger partial charge is 0.318 e. The molecule has 26 heavy (non-hydrogen) atoms. The molecule has 4 aliphatic rings. The van der Waals surface area contributed by atoms with Crippen LogP contribution in [-0.4, -0.2) is 40.5 Å². The predicted molar refractivity (Wildman–Crippen MR) is 91.7 cm³/mol. The van der Waals surface area contributed by atoms with Gasteiger partial charge in [-0.05, 0) is 38.8 Å². The number of carbonyl (C=O) groups excluding carboxylic acids is 2. The standard InChI is InChI=1S/C20H26O6/c1-6-11(3)20(23)19(5)16-13(24-17(19)22)7-10(2)12-8-15(21)18(4,25-12)9-14(16)26-20/h7-8,11,13-14,16,23H,6,9H2,1-5H3/b10-7+/t11-,13+,14+,16+,18-,19-,20-/m1/s1. The molecule has 4 heterocycles. The van der Waals surface area contributed by atoms with Gasteiger partial charge in [0.2, 0.25) is 5.78 Å². The zero-order chi connectivity index (χ0) is 19.1. The molecule has 0 aromatic rings. The first-order valence-electron chi connectivity index (χ1n) is 9.32. The van der Waals surface area contributed by atoms with Crippen LogP contribution >= 0.6 is 0 Å². The van der Waals surface area contributed by atoms with Crippen LogP contribution in [0.3, 0.4) is 0 Å². The third-order valence-corrected chi connectivity index (χ3v) is 6.96. The Kier molecular flexibility index (Phi) is 3.55. The largest absolute Gasteiger partial charge is 0.479 e. The van der Waals surface area contributed by atoms with E-state index in [-0.39, 0.29) is 24.0 Å². The Morgan fingerprint density at radius 2 is 2.04 bits per heavy atom. The second kappa shape index (κ2) is 5.20. The van der Waals surface area contributed by atoms with Crippen molar-refractivity contribution in [3.63, 3.8) is 0 Å². The monoisotopic (exact) mass is 362 g/mol. The summed E-state index contributed by atoms with van der Waals surface area (Å²) >= 11 is 0. The normalized spacial score (nSPS) is 49.8. The van der Waals surface area contributed by atoms with Gasteiger partial charge < -0.3 is 19.3 Å². The molecule has 7 atom stereocenters.